The standard InChI is InChI=1S/C36H52F4N6O11.C11H23NO3.C2H6.CH4/c37-26-19-27(38)35(40)25(34(26)39)18-24(47)6-2-3-7-29(48)41-10-4-1-5-11-42-30(49)9-8-28(36(56)57)46-17-16-44(21-32(52)53)13-12-43(20-31(50)51)14-15-45(23-46)22-33(54)55;1-10(2,6-14-5)7-15-8-11(3,4)12-9-13;1-2;/h19,28H,1-18,20-23H2,(H,41,48)(H,42,49)(H,50,51)(H,52,53)(H,54,55)(H,56,57);9H,6-8H2,1-5H3,(H,12,13);1-2H3;1H4. The number of nitrogens with one attached hydrogen (secondary N) is 3. The number of halogens is 4. The fourth-order valence-electron chi connectivity index (χ4n) is 7.41. The van der Waals surface area contributed by atoms with E-state index in [2.05, 4.69) is 29.8 Å². The van der Waals surface area contributed by atoms with Crippen molar-refractivity contribution in [3.63, 3.8) is 0 Å². The number of ketones is 1. The predicted octanol–water partition coefficient (Wildman–Crippen LogP) is 3.85. The number of nitrogens with zero attached hydrogens (tertiary/aromatic N) is 4. The van der Waals surface area contributed by atoms with E-state index < -0.39 is 83.4 Å². The number of hydrogen-bond acceptors (Lipinski definition) is 14. The largest absolute Gasteiger partial charge is 0.480 e. The van der Waals surface area contributed by atoms with E-state index >= 15 is 0 Å². The molecule has 1 heterocycles. The molecule has 432 valence electrons. The van der Waals surface area contributed by atoms with Gasteiger partial charge in [-0.05, 0) is 52.4 Å². The summed E-state index contributed by atoms with van der Waals surface area (Å²) in [5.41, 5.74) is -1.28. The number of unbranched alkanes of at least 4 members (excludes halogenated alkanes) is 3. The third-order valence-electron chi connectivity index (χ3n) is 11.1. The van der Waals surface area contributed by atoms with Crippen LogP contribution in [0.15, 0.2) is 6.07 Å². The molecule has 0 aromatic heterocycles. The molecule has 1 aliphatic rings. The number of Topliss-reactive ketones (excluding diaryl/α,β-unsaturated/α-hetero) is 1. The lowest BCUT2D eigenvalue weighted by molar-refractivity contribution is -0.146. The molecule has 1 aromatic rings. The lowest BCUT2D eigenvalue weighted by Gasteiger charge is -2.34. The van der Waals surface area contributed by atoms with Gasteiger partial charge in [0, 0.05) is 102 Å². The average Bonchev–Trinajstić information content (AvgIpc) is 3.33. The lowest BCUT2D eigenvalue weighted by Crippen LogP contribution is -2.51. The monoisotopic (exact) mass is 1080 g/mol. The number of carboxylic acid groups (broad SMARTS) is 4. The third-order valence-corrected chi connectivity index (χ3v) is 11.1. The molecule has 1 unspecified atom stereocenters. The number of aliphatic carboxylic acids is 4. The number of carbonyl (C=O) groups is 8. The molecular weight excluding hydrogens is 999 g/mol. The third kappa shape index (κ3) is 33.3. The van der Waals surface area contributed by atoms with Crippen LogP contribution in [0.3, 0.4) is 0 Å². The Balaban J connectivity index is 0. The quantitative estimate of drug-likeness (QED) is 0.0233. The molecule has 0 radical (unpaired) electrons. The molecule has 75 heavy (non-hydrogen) atoms. The first-order valence-electron chi connectivity index (χ1n) is 24.7. The van der Waals surface area contributed by atoms with Crippen LogP contribution >= 0.6 is 0 Å². The van der Waals surface area contributed by atoms with Crippen LogP contribution in [-0.4, -0.2) is 205 Å². The zero-order chi connectivity index (χ0) is 56.4. The van der Waals surface area contributed by atoms with Crippen LogP contribution in [0.2, 0.25) is 0 Å². The predicted molar refractivity (Wildman–Crippen MR) is 271 cm³/mol. The van der Waals surface area contributed by atoms with Gasteiger partial charge in [-0.25, -0.2) is 17.6 Å². The van der Waals surface area contributed by atoms with Gasteiger partial charge in [-0.2, -0.15) is 0 Å². The van der Waals surface area contributed by atoms with Gasteiger partial charge in [0.1, 0.15) is 11.8 Å². The van der Waals surface area contributed by atoms with Gasteiger partial charge in [0.2, 0.25) is 18.2 Å². The van der Waals surface area contributed by atoms with Crippen LogP contribution in [0, 0.1) is 28.7 Å². The van der Waals surface area contributed by atoms with E-state index in [1.807, 2.05) is 27.7 Å². The van der Waals surface area contributed by atoms with Gasteiger partial charge >= 0.3 is 23.9 Å². The number of methoxy groups -OCH3 is 1. The molecule has 1 saturated heterocycles. The Morgan fingerprint density at radius 3 is 1.61 bits per heavy atom. The van der Waals surface area contributed by atoms with E-state index in [1.165, 1.54) is 9.80 Å². The molecule has 1 aromatic carbocycles. The Kier molecular flexibility index (Phi) is 37.4. The van der Waals surface area contributed by atoms with Crippen LogP contribution in [0.5, 0.6) is 0 Å². The van der Waals surface area contributed by atoms with Crippen LogP contribution in [-0.2, 0) is 54.3 Å². The van der Waals surface area contributed by atoms with Gasteiger partial charge < -0.3 is 45.9 Å². The van der Waals surface area contributed by atoms with Crippen molar-refractivity contribution in [1.82, 2.24) is 35.6 Å². The van der Waals surface area contributed by atoms with E-state index in [-0.39, 0.29) is 128 Å². The molecule has 0 aliphatic carbocycles. The Bertz CT molecular complexity index is 1890. The van der Waals surface area contributed by atoms with E-state index in [0.29, 0.717) is 58.5 Å². The molecule has 2 rings (SSSR count). The summed E-state index contributed by atoms with van der Waals surface area (Å²) in [4.78, 5) is 100. The summed E-state index contributed by atoms with van der Waals surface area (Å²) in [5.74, 6) is -12.4. The number of carbonyl (C=O) groups excluding carboxylic acids is 4. The maximum atomic E-state index is 13.8. The zero-order valence-corrected chi connectivity index (χ0v) is 44.1. The summed E-state index contributed by atoms with van der Waals surface area (Å²) in [5, 5.41) is 46.5. The van der Waals surface area contributed by atoms with Crippen LogP contribution in [0.25, 0.3) is 0 Å². The first-order chi connectivity index (χ1) is 34.8. The highest BCUT2D eigenvalue weighted by Crippen LogP contribution is 2.21. The van der Waals surface area contributed by atoms with E-state index in [1.54, 1.807) is 16.9 Å². The SMILES string of the molecule is C.CC.COCC(C)(C)COCC(C)(C)NC=O.O=C(O)CN1CCN(CC(=O)O)CCN(C(CCC(=O)NCCCCCNC(=O)CCCCC(=O)Cc2c(F)c(F)cc(F)c2F)C(=O)O)CN(CC(=O)O)CC1. The number of carboxylic acids is 4. The summed E-state index contributed by atoms with van der Waals surface area (Å²) >= 11 is 0. The highest BCUT2D eigenvalue weighted by Gasteiger charge is 2.30. The number of benzene rings is 1. The second-order valence-electron chi connectivity index (χ2n) is 19.0. The number of rotatable bonds is 32. The van der Waals surface area contributed by atoms with Crippen LogP contribution < -0.4 is 16.0 Å². The van der Waals surface area contributed by atoms with Crippen molar-refractivity contribution in [2.75, 3.05) is 106 Å². The van der Waals surface area contributed by atoms with Gasteiger partial charge in [-0.1, -0.05) is 35.1 Å². The zero-order valence-electron chi connectivity index (χ0n) is 44.1. The Labute approximate surface area is 439 Å². The summed E-state index contributed by atoms with van der Waals surface area (Å²) in [6, 6.07) is -1.16. The Morgan fingerprint density at radius 2 is 1.13 bits per heavy atom. The van der Waals surface area contributed by atoms with Gasteiger partial charge in [0.05, 0.1) is 51.7 Å². The summed E-state index contributed by atoms with van der Waals surface area (Å²) in [6.45, 7) is 13.7. The van der Waals surface area contributed by atoms with Gasteiger partial charge in [-0.3, -0.25) is 58.0 Å². The molecule has 21 nitrogen and oxygen atoms in total. The first kappa shape index (κ1) is 71.7. The summed E-state index contributed by atoms with van der Waals surface area (Å²) < 4.78 is 64.9. The van der Waals surface area contributed by atoms with Crippen molar-refractivity contribution in [2.24, 2.45) is 5.41 Å². The molecule has 0 saturated carbocycles. The summed E-state index contributed by atoms with van der Waals surface area (Å²) in [7, 11) is 1.68. The van der Waals surface area contributed by atoms with Crippen molar-refractivity contribution in [3.05, 3.63) is 34.9 Å². The fourth-order valence-corrected chi connectivity index (χ4v) is 7.41. The Hall–Kier alpha value is -5.34. The minimum absolute atomic E-state index is 0. The highest BCUT2D eigenvalue weighted by molar-refractivity contribution is 5.81. The molecule has 1 aliphatic heterocycles. The van der Waals surface area contributed by atoms with Crippen molar-refractivity contribution < 1.29 is 85.8 Å². The van der Waals surface area contributed by atoms with Crippen molar-refractivity contribution in [1.29, 1.82) is 0 Å². The van der Waals surface area contributed by atoms with Gasteiger partial charge in [0.15, 0.2) is 23.3 Å². The van der Waals surface area contributed by atoms with Crippen molar-refractivity contribution in [2.45, 2.75) is 125 Å². The van der Waals surface area contributed by atoms with Crippen molar-refractivity contribution >= 4 is 47.9 Å². The second kappa shape index (κ2) is 39.1. The molecule has 7 N–H and O–H groups in total. The van der Waals surface area contributed by atoms with E-state index in [9.17, 15) is 76.3 Å². The second-order valence-corrected chi connectivity index (χ2v) is 19.0. The molecule has 1 fully saturated rings. The van der Waals surface area contributed by atoms with E-state index in [4.69, 9.17) is 9.47 Å². The van der Waals surface area contributed by atoms with Gasteiger partial charge in [-0.15, -0.1) is 0 Å². The summed E-state index contributed by atoms with van der Waals surface area (Å²) in [6.07, 6.45) is 1.81. The number of ether oxygens (including phenoxy) is 2. The van der Waals surface area contributed by atoms with Crippen LogP contribution in [0.1, 0.15) is 112 Å². The van der Waals surface area contributed by atoms with E-state index in [0.717, 1.165) is 0 Å². The maximum absolute atomic E-state index is 13.8. The van der Waals surface area contributed by atoms with Crippen LogP contribution in [0.4, 0.5) is 17.6 Å². The minimum Gasteiger partial charge on any atom is -0.480 e. The molecule has 0 spiro atoms. The van der Waals surface area contributed by atoms with Crippen molar-refractivity contribution in [3.8, 4) is 0 Å². The number of hydrogen-bond donors (Lipinski definition) is 7. The molecule has 0 bridgehead atoms. The highest BCUT2D eigenvalue weighted by atomic mass is 19.2. The molecular formula is C50H85F4N7O14. The lowest BCUT2D eigenvalue weighted by atomic mass is 9.96. The Morgan fingerprint density at radius 1 is 0.667 bits per heavy atom. The molecule has 3 amide bonds. The molecule has 25 heteroatoms. The molecule has 1 atom stereocenters. The smallest absolute Gasteiger partial charge is 0.320 e. The maximum Gasteiger partial charge on any atom is 0.320 e. The van der Waals surface area contributed by atoms with Gasteiger partial charge in [0.25, 0.3) is 0 Å². The minimum atomic E-state index is -1.62. The first-order valence-corrected chi connectivity index (χ1v) is 24.7. The average molecular weight is 1080 g/mol. The fraction of sp³-hybridized carbons (Fsp3) is 0.720. The topological polar surface area (TPSA) is 285 Å². The normalized spacial score (nSPS) is 14.5. The number of amides is 3.